The van der Waals surface area contributed by atoms with Gasteiger partial charge >= 0.3 is 5.97 Å². The summed E-state index contributed by atoms with van der Waals surface area (Å²) in [4.78, 5) is 12.0. The molecule has 0 saturated carbocycles. The van der Waals surface area contributed by atoms with E-state index >= 15 is 0 Å². The highest BCUT2D eigenvalue weighted by Crippen LogP contribution is 2.36. The number of rotatable bonds is 3. The quantitative estimate of drug-likeness (QED) is 0.879. The molecule has 0 aromatic heterocycles. The lowest BCUT2D eigenvalue weighted by Gasteiger charge is -2.20. The highest BCUT2D eigenvalue weighted by molar-refractivity contribution is 6.39. The van der Waals surface area contributed by atoms with Crippen molar-refractivity contribution in [2.75, 3.05) is 7.11 Å². The first-order chi connectivity index (χ1) is 10.3. The van der Waals surface area contributed by atoms with Crippen LogP contribution in [0.1, 0.15) is 23.1 Å². The number of hydrogen-bond acceptors (Lipinski definition) is 4. The molecular weight excluding hydrogens is 264 g/mol. The minimum Gasteiger partial charge on any atom is -0.464 e. The summed E-state index contributed by atoms with van der Waals surface area (Å²) >= 11 is 0. The number of methoxy groups -OCH3 is 1. The van der Waals surface area contributed by atoms with Crippen LogP contribution in [0, 0.1) is 0 Å². The lowest BCUT2D eigenvalue weighted by molar-refractivity contribution is -0.132. The topological polar surface area (TPSA) is 50.7 Å². The third kappa shape index (κ3) is 2.52. The van der Waals surface area contributed by atoms with Gasteiger partial charge in [-0.25, -0.2) is 4.79 Å². The Balaban J connectivity index is 2.01. The van der Waals surface area contributed by atoms with E-state index in [-0.39, 0.29) is 12.0 Å². The number of ether oxygens (including phenoxy) is 1. The van der Waals surface area contributed by atoms with E-state index in [1.165, 1.54) is 7.11 Å². The second-order valence-corrected chi connectivity index (χ2v) is 4.89. The fraction of sp³-hybridized carbons (Fsp3) is 0.176. The van der Waals surface area contributed by atoms with Gasteiger partial charge in [0.1, 0.15) is 0 Å². The van der Waals surface area contributed by atoms with Crippen molar-refractivity contribution in [3.8, 4) is 0 Å². The first-order valence-electron chi connectivity index (χ1n) is 6.82. The maximum absolute atomic E-state index is 12.0. The van der Waals surface area contributed by atoms with Gasteiger partial charge in [-0.05, 0) is 11.1 Å². The van der Waals surface area contributed by atoms with Gasteiger partial charge in [-0.3, -0.25) is 0 Å². The van der Waals surface area contributed by atoms with Crippen molar-refractivity contribution in [2.24, 2.45) is 5.10 Å². The van der Waals surface area contributed by atoms with E-state index in [0.717, 1.165) is 11.1 Å². The van der Waals surface area contributed by atoms with Crippen LogP contribution in [0.5, 0.6) is 0 Å². The Labute approximate surface area is 123 Å². The molecule has 3 rings (SSSR count). The lowest BCUT2D eigenvalue weighted by Crippen LogP contribution is -2.25. The van der Waals surface area contributed by atoms with Crippen LogP contribution in [-0.2, 0) is 9.53 Å². The maximum atomic E-state index is 12.0. The van der Waals surface area contributed by atoms with Gasteiger partial charge in [0.2, 0.25) is 0 Å². The van der Waals surface area contributed by atoms with Crippen molar-refractivity contribution in [2.45, 2.75) is 12.0 Å². The standard InChI is InChI=1S/C17H16N2O2/c1-21-17(20)16-14(12-8-4-2-5-9-12)15(18-19-16)13-10-6-3-7-11-13/h2-11,14-15,18H,1H3/t14-,15-/m1/s1. The molecular formula is C17H16N2O2. The molecule has 0 aliphatic carbocycles. The van der Waals surface area contributed by atoms with E-state index in [2.05, 4.69) is 10.5 Å². The summed E-state index contributed by atoms with van der Waals surface area (Å²) in [6.45, 7) is 0. The van der Waals surface area contributed by atoms with Crippen LogP contribution in [0.3, 0.4) is 0 Å². The van der Waals surface area contributed by atoms with Crippen molar-refractivity contribution in [3.05, 3.63) is 71.8 Å². The largest absolute Gasteiger partial charge is 0.464 e. The summed E-state index contributed by atoms with van der Waals surface area (Å²) in [6.07, 6.45) is 0. The van der Waals surface area contributed by atoms with E-state index < -0.39 is 5.97 Å². The molecule has 0 spiro atoms. The minimum atomic E-state index is -0.394. The Morgan fingerprint density at radius 1 is 1.00 bits per heavy atom. The van der Waals surface area contributed by atoms with Gasteiger partial charge in [-0.1, -0.05) is 60.7 Å². The fourth-order valence-electron chi connectivity index (χ4n) is 2.66. The lowest BCUT2D eigenvalue weighted by atomic mass is 9.85. The van der Waals surface area contributed by atoms with Crippen molar-refractivity contribution in [1.29, 1.82) is 0 Å². The fourth-order valence-corrected chi connectivity index (χ4v) is 2.66. The zero-order chi connectivity index (χ0) is 14.7. The molecule has 21 heavy (non-hydrogen) atoms. The Hall–Kier alpha value is -2.62. The second-order valence-electron chi connectivity index (χ2n) is 4.89. The van der Waals surface area contributed by atoms with Crippen molar-refractivity contribution in [3.63, 3.8) is 0 Å². The number of carbonyl (C=O) groups excluding carboxylic acids is 1. The summed E-state index contributed by atoms with van der Waals surface area (Å²) in [5, 5.41) is 4.21. The summed E-state index contributed by atoms with van der Waals surface area (Å²) in [5.41, 5.74) is 5.62. The van der Waals surface area contributed by atoms with E-state index in [1.807, 2.05) is 60.7 Å². The van der Waals surface area contributed by atoms with Crippen LogP contribution in [0.15, 0.2) is 65.8 Å². The Kier molecular flexibility index (Phi) is 3.69. The number of esters is 1. The molecule has 4 nitrogen and oxygen atoms in total. The molecule has 1 N–H and O–H groups in total. The molecule has 0 radical (unpaired) electrons. The predicted molar refractivity (Wildman–Crippen MR) is 81.0 cm³/mol. The number of hydrogen-bond donors (Lipinski definition) is 1. The van der Waals surface area contributed by atoms with E-state index in [9.17, 15) is 4.79 Å². The van der Waals surface area contributed by atoms with Gasteiger partial charge in [0.25, 0.3) is 0 Å². The molecule has 1 aliphatic heterocycles. The number of hydrazone groups is 1. The summed E-state index contributed by atoms with van der Waals surface area (Å²) in [7, 11) is 1.38. The maximum Gasteiger partial charge on any atom is 0.354 e. The van der Waals surface area contributed by atoms with Crippen LogP contribution in [-0.4, -0.2) is 18.8 Å². The Morgan fingerprint density at radius 3 is 2.14 bits per heavy atom. The number of benzene rings is 2. The van der Waals surface area contributed by atoms with E-state index in [4.69, 9.17) is 4.74 Å². The minimum absolute atomic E-state index is 0.0669. The number of nitrogens with one attached hydrogen (secondary N) is 1. The Bertz CT molecular complexity index is 653. The molecule has 1 aliphatic rings. The summed E-state index contributed by atoms with van der Waals surface area (Å²) < 4.78 is 4.86. The van der Waals surface area contributed by atoms with Gasteiger partial charge < -0.3 is 10.2 Å². The molecule has 2 aromatic carbocycles. The molecule has 0 saturated heterocycles. The molecule has 2 aromatic rings. The van der Waals surface area contributed by atoms with Gasteiger partial charge in [-0.15, -0.1) is 0 Å². The third-order valence-corrected chi connectivity index (χ3v) is 3.66. The van der Waals surface area contributed by atoms with Gasteiger partial charge in [0, 0.05) is 0 Å². The van der Waals surface area contributed by atoms with Crippen LogP contribution in [0.2, 0.25) is 0 Å². The molecule has 106 valence electrons. The number of carbonyl (C=O) groups is 1. The monoisotopic (exact) mass is 280 g/mol. The van der Waals surface area contributed by atoms with Crippen molar-refractivity contribution >= 4 is 11.7 Å². The Morgan fingerprint density at radius 2 is 1.57 bits per heavy atom. The number of nitrogens with zero attached hydrogens (tertiary/aromatic N) is 1. The highest BCUT2D eigenvalue weighted by Gasteiger charge is 2.38. The zero-order valence-corrected chi connectivity index (χ0v) is 11.7. The third-order valence-electron chi connectivity index (χ3n) is 3.66. The van der Waals surface area contributed by atoms with Crippen molar-refractivity contribution < 1.29 is 9.53 Å². The molecule has 0 fully saturated rings. The first kappa shape index (κ1) is 13.4. The first-order valence-corrected chi connectivity index (χ1v) is 6.82. The van der Waals surface area contributed by atoms with Gasteiger partial charge in [0.15, 0.2) is 5.71 Å². The van der Waals surface area contributed by atoms with Crippen LogP contribution >= 0.6 is 0 Å². The summed E-state index contributed by atoms with van der Waals surface area (Å²) in [5.74, 6) is -0.546. The smallest absolute Gasteiger partial charge is 0.354 e. The normalized spacial score (nSPS) is 20.5. The van der Waals surface area contributed by atoms with E-state index in [1.54, 1.807) is 0 Å². The summed E-state index contributed by atoms with van der Waals surface area (Å²) in [6, 6.07) is 19.8. The molecule has 4 heteroatoms. The molecule has 0 unspecified atom stereocenters. The van der Waals surface area contributed by atoms with Crippen LogP contribution in [0.25, 0.3) is 0 Å². The van der Waals surface area contributed by atoms with E-state index in [0.29, 0.717) is 5.71 Å². The molecule has 2 atom stereocenters. The SMILES string of the molecule is COC(=O)C1=NN[C@H](c2ccccc2)[C@H]1c1ccccc1. The predicted octanol–water partition coefficient (Wildman–Crippen LogP) is 2.64. The van der Waals surface area contributed by atoms with Crippen LogP contribution in [0.4, 0.5) is 0 Å². The second kappa shape index (κ2) is 5.79. The average molecular weight is 280 g/mol. The highest BCUT2D eigenvalue weighted by atomic mass is 16.5. The van der Waals surface area contributed by atoms with Gasteiger partial charge in [-0.2, -0.15) is 5.10 Å². The van der Waals surface area contributed by atoms with Crippen molar-refractivity contribution in [1.82, 2.24) is 5.43 Å². The molecule has 0 bridgehead atoms. The van der Waals surface area contributed by atoms with Crippen LogP contribution < -0.4 is 5.43 Å². The zero-order valence-electron chi connectivity index (χ0n) is 11.7. The molecule has 1 heterocycles. The average Bonchev–Trinajstić information content (AvgIpc) is 3.00. The molecule has 0 amide bonds. The van der Waals surface area contributed by atoms with Gasteiger partial charge in [0.05, 0.1) is 19.1 Å².